The molecule has 1 heterocycles. The van der Waals surface area contributed by atoms with Crippen LogP contribution in [0.1, 0.15) is 12.8 Å². The van der Waals surface area contributed by atoms with E-state index < -0.39 is 0 Å². The van der Waals surface area contributed by atoms with Crippen LogP contribution in [0.25, 0.3) is 0 Å². The van der Waals surface area contributed by atoms with Crippen LogP contribution in [0.4, 0.5) is 10.1 Å². The molecule has 0 unspecified atom stereocenters. The molecule has 2 rings (SSSR count). The third kappa shape index (κ3) is 2.09. The molecule has 82 valence electrons. The minimum atomic E-state index is -0.232. The summed E-state index contributed by atoms with van der Waals surface area (Å²) in [4.78, 5) is 2.16. The Kier molecular flexibility index (Phi) is 3.14. The van der Waals surface area contributed by atoms with Crippen molar-refractivity contribution in [2.45, 2.75) is 12.8 Å². The summed E-state index contributed by atoms with van der Waals surface area (Å²) in [5.74, 6) is 0.489. The summed E-state index contributed by atoms with van der Waals surface area (Å²) < 4.78 is 19.2. The molecule has 15 heavy (non-hydrogen) atoms. The summed E-state index contributed by atoms with van der Waals surface area (Å²) in [6.07, 6.45) is 2.33. The van der Waals surface area contributed by atoms with Gasteiger partial charge in [0.25, 0.3) is 0 Å². The van der Waals surface area contributed by atoms with E-state index in [1.165, 1.54) is 12.1 Å². The summed E-state index contributed by atoms with van der Waals surface area (Å²) in [5, 5.41) is 0. The van der Waals surface area contributed by atoms with Crippen LogP contribution in [0, 0.1) is 5.82 Å². The normalized spacial score (nSPS) is 15.8. The molecule has 0 atom stereocenters. The van der Waals surface area contributed by atoms with Crippen molar-refractivity contribution in [2.24, 2.45) is 0 Å². The molecule has 1 aromatic rings. The van der Waals surface area contributed by atoms with Crippen LogP contribution in [0.5, 0.6) is 5.75 Å². The maximum absolute atomic E-state index is 13.3. The standard InChI is InChI=1S/C11H13BrFNO/c1-15-11-9(12)6-8(13)7-10(11)14-4-2-3-5-14/h6-7H,2-5H2,1H3. The molecule has 0 N–H and O–H groups in total. The molecule has 1 aromatic carbocycles. The van der Waals surface area contributed by atoms with Gasteiger partial charge in [0.05, 0.1) is 17.3 Å². The molecular formula is C11H13BrFNO. The maximum Gasteiger partial charge on any atom is 0.156 e. The van der Waals surface area contributed by atoms with Crippen molar-refractivity contribution in [2.75, 3.05) is 25.1 Å². The average Bonchev–Trinajstić information content (AvgIpc) is 2.69. The van der Waals surface area contributed by atoms with E-state index in [-0.39, 0.29) is 5.82 Å². The summed E-state index contributed by atoms with van der Waals surface area (Å²) in [5.41, 5.74) is 0.849. The summed E-state index contributed by atoms with van der Waals surface area (Å²) in [6.45, 7) is 1.96. The van der Waals surface area contributed by atoms with E-state index in [1.54, 1.807) is 7.11 Å². The van der Waals surface area contributed by atoms with Crippen molar-refractivity contribution >= 4 is 21.6 Å². The van der Waals surface area contributed by atoms with E-state index in [0.29, 0.717) is 4.47 Å². The molecule has 0 aromatic heterocycles. The van der Waals surface area contributed by atoms with Crippen molar-refractivity contribution in [3.05, 3.63) is 22.4 Å². The van der Waals surface area contributed by atoms with Crippen LogP contribution in [0.3, 0.4) is 0 Å². The number of anilines is 1. The molecule has 1 fully saturated rings. The predicted octanol–water partition coefficient (Wildman–Crippen LogP) is 3.20. The van der Waals surface area contributed by atoms with E-state index in [9.17, 15) is 4.39 Å². The highest BCUT2D eigenvalue weighted by Gasteiger charge is 2.19. The highest BCUT2D eigenvalue weighted by atomic mass is 79.9. The van der Waals surface area contributed by atoms with Crippen molar-refractivity contribution in [1.29, 1.82) is 0 Å². The van der Waals surface area contributed by atoms with Crippen molar-refractivity contribution in [3.8, 4) is 5.75 Å². The summed E-state index contributed by atoms with van der Waals surface area (Å²) in [7, 11) is 1.61. The quantitative estimate of drug-likeness (QED) is 0.821. The number of ether oxygens (including phenoxy) is 1. The first-order valence-corrected chi connectivity index (χ1v) is 5.79. The third-order valence-electron chi connectivity index (χ3n) is 2.64. The Morgan fingerprint density at radius 3 is 2.60 bits per heavy atom. The Bertz CT molecular complexity index is 364. The smallest absolute Gasteiger partial charge is 0.156 e. The Balaban J connectivity index is 2.42. The van der Waals surface area contributed by atoms with E-state index in [0.717, 1.165) is 37.4 Å². The lowest BCUT2D eigenvalue weighted by molar-refractivity contribution is 0.411. The zero-order valence-electron chi connectivity index (χ0n) is 8.59. The molecule has 0 amide bonds. The van der Waals surface area contributed by atoms with Crippen LogP contribution in [-0.2, 0) is 0 Å². The highest BCUT2D eigenvalue weighted by Crippen LogP contribution is 2.37. The van der Waals surface area contributed by atoms with Gasteiger partial charge in [0.15, 0.2) is 5.75 Å². The van der Waals surface area contributed by atoms with Crippen LogP contribution in [-0.4, -0.2) is 20.2 Å². The molecule has 0 radical (unpaired) electrons. The van der Waals surface area contributed by atoms with Gasteiger partial charge in [-0.05, 0) is 34.8 Å². The second kappa shape index (κ2) is 4.39. The van der Waals surface area contributed by atoms with Crippen LogP contribution in [0.2, 0.25) is 0 Å². The fourth-order valence-electron chi connectivity index (χ4n) is 1.94. The Morgan fingerprint density at radius 1 is 1.33 bits per heavy atom. The molecular weight excluding hydrogens is 261 g/mol. The lowest BCUT2D eigenvalue weighted by atomic mass is 10.2. The Morgan fingerprint density at radius 2 is 2.00 bits per heavy atom. The number of methoxy groups -OCH3 is 1. The molecule has 0 bridgehead atoms. The van der Waals surface area contributed by atoms with Gasteiger partial charge >= 0.3 is 0 Å². The number of nitrogens with zero attached hydrogens (tertiary/aromatic N) is 1. The van der Waals surface area contributed by atoms with E-state index in [1.807, 2.05) is 0 Å². The van der Waals surface area contributed by atoms with Crippen LogP contribution in [0.15, 0.2) is 16.6 Å². The van der Waals surface area contributed by atoms with Gasteiger partial charge in [0.2, 0.25) is 0 Å². The van der Waals surface area contributed by atoms with E-state index >= 15 is 0 Å². The largest absolute Gasteiger partial charge is 0.493 e. The number of halogens is 2. The van der Waals surface area contributed by atoms with Gasteiger partial charge in [-0.2, -0.15) is 0 Å². The first-order chi connectivity index (χ1) is 7.22. The predicted molar refractivity (Wildman–Crippen MR) is 62.1 cm³/mol. The molecule has 1 aliphatic heterocycles. The fraction of sp³-hybridized carbons (Fsp3) is 0.455. The van der Waals surface area contributed by atoms with E-state index in [4.69, 9.17) is 4.74 Å². The lowest BCUT2D eigenvalue weighted by Crippen LogP contribution is -2.18. The summed E-state index contributed by atoms with van der Waals surface area (Å²) >= 11 is 3.31. The first-order valence-electron chi connectivity index (χ1n) is 5.00. The number of hydrogen-bond donors (Lipinski definition) is 0. The lowest BCUT2D eigenvalue weighted by Gasteiger charge is -2.21. The monoisotopic (exact) mass is 273 g/mol. The van der Waals surface area contributed by atoms with Crippen molar-refractivity contribution < 1.29 is 9.13 Å². The van der Waals surface area contributed by atoms with Gasteiger partial charge in [-0.3, -0.25) is 0 Å². The molecule has 1 saturated heterocycles. The molecule has 0 spiro atoms. The molecule has 0 saturated carbocycles. The minimum Gasteiger partial charge on any atom is -0.493 e. The Labute approximate surface area is 97.2 Å². The molecule has 4 heteroatoms. The average molecular weight is 274 g/mol. The first kappa shape index (κ1) is 10.7. The third-order valence-corrected chi connectivity index (χ3v) is 3.23. The second-order valence-corrected chi connectivity index (χ2v) is 4.49. The van der Waals surface area contributed by atoms with E-state index in [2.05, 4.69) is 20.8 Å². The molecule has 1 aliphatic rings. The fourth-order valence-corrected chi connectivity index (χ4v) is 2.53. The minimum absolute atomic E-state index is 0.232. The number of benzene rings is 1. The molecule has 2 nitrogen and oxygen atoms in total. The van der Waals surface area contributed by atoms with Gasteiger partial charge in [0, 0.05) is 19.2 Å². The van der Waals surface area contributed by atoms with Gasteiger partial charge in [0.1, 0.15) is 5.82 Å². The zero-order valence-corrected chi connectivity index (χ0v) is 10.2. The highest BCUT2D eigenvalue weighted by molar-refractivity contribution is 9.10. The van der Waals surface area contributed by atoms with Crippen LogP contribution < -0.4 is 9.64 Å². The number of rotatable bonds is 2. The second-order valence-electron chi connectivity index (χ2n) is 3.63. The maximum atomic E-state index is 13.3. The van der Waals surface area contributed by atoms with Gasteiger partial charge in [-0.15, -0.1) is 0 Å². The number of hydrogen-bond acceptors (Lipinski definition) is 2. The van der Waals surface area contributed by atoms with Crippen LogP contribution >= 0.6 is 15.9 Å². The SMILES string of the molecule is COc1c(Br)cc(F)cc1N1CCCC1. The van der Waals surface area contributed by atoms with Gasteiger partial charge < -0.3 is 9.64 Å². The Hall–Kier alpha value is -0.770. The van der Waals surface area contributed by atoms with Gasteiger partial charge in [-0.1, -0.05) is 0 Å². The summed E-state index contributed by atoms with van der Waals surface area (Å²) in [6, 6.07) is 2.97. The topological polar surface area (TPSA) is 12.5 Å². The van der Waals surface area contributed by atoms with Gasteiger partial charge in [-0.25, -0.2) is 4.39 Å². The van der Waals surface area contributed by atoms with Crippen molar-refractivity contribution in [1.82, 2.24) is 0 Å². The van der Waals surface area contributed by atoms with Crippen molar-refractivity contribution in [3.63, 3.8) is 0 Å². The molecule has 0 aliphatic carbocycles. The zero-order chi connectivity index (χ0) is 10.8.